The van der Waals surface area contributed by atoms with Gasteiger partial charge in [0.25, 0.3) is 0 Å². The zero-order valence-electron chi connectivity index (χ0n) is 11.1. The van der Waals surface area contributed by atoms with Crippen molar-refractivity contribution in [3.05, 3.63) is 16.1 Å². The molecule has 0 spiro atoms. The molecule has 0 aliphatic carbocycles. The van der Waals surface area contributed by atoms with E-state index in [0.29, 0.717) is 0 Å². The Morgan fingerprint density at radius 3 is 2.61 bits per heavy atom. The van der Waals surface area contributed by atoms with Crippen LogP contribution in [0.5, 0.6) is 0 Å². The predicted octanol–water partition coefficient (Wildman–Crippen LogP) is 3.10. The van der Waals surface area contributed by atoms with Gasteiger partial charge in [-0.15, -0.1) is 11.3 Å². The number of nitrogens with zero attached hydrogens (tertiary/aromatic N) is 2. The average Bonchev–Trinajstić information content (AvgIpc) is 2.63. The number of rotatable bonds is 2. The minimum absolute atomic E-state index is 0.00861. The quantitative estimate of drug-likeness (QED) is 0.895. The maximum Gasteiger partial charge on any atom is 0.317 e. The van der Waals surface area contributed by atoms with E-state index in [-0.39, 0.29) is 12.1 Å². The molecule has 0 bridgehead atoms. The van der Waals surface area contributed by atoms with Crippen molar-refractivity contribution in [3.8, 4) is 0 Å². The molecule has 0 saturated carbocycles. The van der Waals surface area contributed by atoms with E-state index in [9.17, 15) is 4.79 Å². The molecular formula is C13H21N3OS. The first-order valence-corrected chi connectivity index (χ1v) is 7.52. The Morgan fingerprint density at radius 2 is 2.06 bits per heavy atom. The normalized spacial score (nSPS) is 18.2. The smallest absolute Gasteiger partial charge is 0.317 e. The first-order chi connectivity index (χ1) is 8.66. The molecule has 1 N–H and O–H groups in total. The van der Waals surface area contributed by atoms with Crippen molar-refractivity contribution in [1.29, 1.82) is 0 Å². The van der Waals surface area contributed by atoms with E-state index in [1.807, 2.05) is 24.1 Å². The number of aryl methyl sites for hydroxylation is 1. The van der Waals surface area contributed by atoms with Crippen LogP contribution in [-0.2, 0) is 0 Å². The predicted molar refractivity (Wildman–Crippen MR) is 73.8 cm³/mol. The largest absolute Gasteiger partial charge is 0.330 e. The summed E-state index contributed by atoms with van der Waals surface area (Å²) in [4.78, 5) is 18.5. The Hall–Kier alpha value is -1.10. The average molecular weight is 267 g/mol. The van der Waals surface area contributed by atoms with Crippen LogP contribution in [-0.4, -0.2) is 29.0 Å². The molecule has 0 unspecified atom stereocenters. The number of carbonyl (C=O) groups is 1. The van der Waals surface area contributed by atoms with Crippen molar-refractivity contribution in [2.75, 3.05) is 13.1 Å². The zero-order valence-corrected chi connectivity index (χ0v) is 11.9. The lowest BCUT2D eigenvalue weighted by Gasteiger charge is -2.23. The third kappa shape index (κ3) is 3.45. The summed E-state index contributed by atoms with van der Waals surface area (Å²) in [6.45, 7) is 5.74. The zero-order chi connectivity index (χ0) is 13.0. The molecule has 5 heteroatoms. The van der Waals surface area contributed by atoms with Crippen LogP contribution < -0.4 is 5.32 Å². The molecule has 2 amide bonds. The highest BCUT2D eigenvalue weighted by Gasteiger charge is 2.18. The molecule has 0 radical (unpaired) electrons. The lowest BCUT2D eigenvalue weighted by molar-refractivity contribution is 0.196. The lowest BCUT2D eigenvalue weighted by atomic mass is 10.2. The Bertz CT molecular complexity index is 397. The highest BCUT2D eigenvalue weighted by molar-refractivity contribution is 7.09. The van der Waals surface area contributed by atoms with Gasteiger partial charge in [-0.3, -0.25) is 0 Å². The van der Waals surface area contributed by atoms with Crippen LogP contribution in [0, 0.1) is 6.92 Å². The first-order valence-electron chi connectivity index (χ1n) is 6.64. The standard InChI is InChI=1S/C13H21N3OS/c1-10(12-9-18-11(2)15-12)14-13(17)16-7-5-3-4-6-8-16/h9-10H,3-8H2,1-2H3,(H,14,17)/t10-/m0/s1. The molecular weight excluding hydrogens is 246 g/mol. The van der Waals surface area contributed by atoms with Crippen molar-refractivity contribution in [1.82, 2.24) is 15.2 Å². The van der Waals surface area contributed by atoms with E-state index in [4.69, 9.17) is 0 Å². The summed E-state index contributed by atoms with van der Waals surface area (Å²) in [5.41, 5.74) is 0.959. The highest BCUT2D eigenvalue weighted by atomic mass is 32.1. The van der Waals surface area contributed by atoms with Gasteiger partial charge in [-0.1, -0.05) is 12.8 Å². The number of aromatic nitrogens is 1. The molecule has 1 atom stereocenters. The van der Waals surface area contributed by atoms with Crippen molar-refractivity contribution in [3.63, 3.8) is 0 Å². The molecule has 1 aromatic heterocycles. The van der Waals surface area contributed by atoms with Gasteiger partial charge in [-0.25, -0.2) is 9.78 Å². The minimum atomic E-state index is -0.00861. The summed E-state index contributed by atoms with van der Waals surface area (Å²) in [5.74, 6) is 0. The fourth-order valence-electron chi connectivity index (χ4n) is 2.20. The third-order valence-electron chi connectivity index (χ3n) is 3.31. The van der Waals surface area contributed by atoms with Crippen LogP contribution in [0.2, 0.25) is 0 Å². The minimum Gasteiger partial charge on any atom is -0.330 e. The summed E-state index contributed by atoms with van der Waals surface area (Å²) in [6, 6.07) is 0.0424. The van der Waals surface area contributed by atoms with Gasteiger partial charge in [0.1, 0.15) is 0 Å². The molecule has 2 rings (SSSR count). The Morgan fingerprint density at radius 1 is 1.39 bits per heavy atom. The van der Waals surface area contributed by atoms with Crippen molar-refractivity contribution < 1.29 is 4.79 Å². The van der Waals surface area contributed by atoms with Gasteiger partial charge in [0.2, 0.25) is 0 Å². The van der Waals surface area contributed by atoms with E-state index >= 15 is 0 Å². The Labute approximate surface area is 112 Å². The van der Waals surface area contributed by atoms with E-state index in [1.54, 1.807) is 11.3 Å². The first kappa shape index (κ1) is 13.3. The van der Waals surface area contributed by atoms with Crippen molar-refractivity contribution in [2.45, 2.75) is 45.6 Å². The number of hydrogen-bond acceptors (Lipinski definition) is 3. The Balaban J connectivity index is 1.89. The summed E-state index contributed by atoms with van der Waals surface area (Å²) >= 11 is 1.62. The number of hydrogen-bond donors (Lipinski definition) is 1. The van der Waals surface area contributed by atoms with Crippen LogP contribution in [0.3, 0.4) is 0 Å². The molecule has 18 heavy (non-hydrogen) atoms. The van der Waals surface area contributed by atoms with Gasteiger partial charge in [-0.05, 0) is 26.7 Å². The number of nitrogens with one attached hydrogen (secondary N) is 1. The van der Waals surface area contributed by atoms with E-state index in [0.717, 1.165) is 36.6 Å². The summed E-state index contributed by atoms with van der Waals surface area (Å²) in [6.07, 6.45) is 4.73. The Kier molecular flexibility index (Phi) is 4.58. The fourth-order valence-corrected chi connectivity index (χ4v) is 2.91. The lowest BCUT2D eigenvalue weighted by Crippen LogP contribution is -2.41. The van der Waals surface area contributed by atoms with Gasteiger partial charge in [0.05, 0.1) is 16.7 Å². The highest BCUT2D eigenvalue weighted by Crippen LogP contribution is 2.16. The van der Waals surface area contributed by atoms with Gasteiger partial charge in [0, 0.05) is 18.5 Å². The van der Waals surface area contributed by atoms with Crippen LogP contribution >= 0.6 is 11.3 Å². The van der Waals surface area contributed by atoms with Crippen molar-refractivity contribution in [2.24, 2.45) is 0 Å². The van der Waals surface area contributed by atoms with Gasteiger partial charge in [0.15, 0.2) is 0 Å². The second-order valence-corrected chi connectivity index (χ2v) is 5.93. The number of likely N-dealkylation sites (tertiary alicyclic amines) is 1. The molecule has 0 aromatic carbocycles. The SMILES string of the molecule is Cc1nc([C@H](C)NC(=O)N2CCCCCC2)cs1. The third-order valence-corrected chi connectivity index (χ3v) is 4.11. The molecule has 2 heterocycles. The fraction of sp³-hybridized carbons (Fsp3) is 0.692. The summed E-state index contributed by atoms with van der Waals surface area (Å²) < 4.78 is 0. The molecule has 1 aromatic rings. The van der Waals surface area contributed by atoms with Gasteiger partial charge >= 0.3 is 6.03 Å². The molecule has 1 fully saturated rings. The van der Waals surface area contributed by atoms with Crippen LogP contribution in [0.15, 0.2) is 5.38 Å². The maximum absolute atomic E-state index is 12.1. The van der Waals surface area contributed by atoms with Gasteiger partial charge < -0.3 is 10.2 Å². The van der Waals surface area contributed by atoms with Gasteiger partial charge in [-0.2, -0.15) is 0 Å². The molecule has 4 nitrogen and oxygen atoms in total. The van der Waals surface area contributed by atoms with Crippen LogP contribution in [0.25, 0.3) is 0 Å². The van der Waals surface area contributed by atoms with Crippen LogP contribution in [0.1, 0.15) is 49.4 Å². The topological polar surface area (TPSA) is 45.2 Å². The number of thiazole rings is 1. The number of carbonyl (C=O) groups excluding carboxylic acids is 1. The van der Waals surface area contributed by atoms with E-state index in [1.165, 1.54) is 12.8 Å². The van der Waals surface area contributed by atoms with Crippen LogP contribution in [0.4, 0.5) is 4.79 Å². The molecule has 1 aliphatic heterocycles. The van der Waals surface area contributed by atoms with E-state index in [2.05, 4.69) is 10.3 Å². The summed E-state index contributed by atoms with van der Waals surface area (Å²) in [7, 11) is 0. The molecule has 1 aliphatic rings. The molecule has 100 valence electrons. The second-order valence-electron chi connectivity index (χ2n) is 4.86. The second kappa shape index (κ2) is 6.18. The van der Waals surface area contributed by atoms with E-state index < -0.39 is 0 Å². The summed E-state index contributed by atoms with van der Waals surface area (Å²) in [5, 5.41) is 6.10. The molecule has 1 saturated heterocycles. The number of amides is 2. The number of urea groups is 1. The maximum atomic E-state index is 12.1. The monoisotopic (exact) mass is 267 g/mol. The van der Waals surface area contributed by atoms with Crippen molar-refractivity contribution >= 4 is 17.4 Å².